The number of thiophene rings is 1. The van der Waals surface area contributed by atoms with E-state index in [1.54, 1.807) is 11.3 Å². The lowest BCUT2D eigenvalue weighted by Gasteiger charge is -2.18. The highest BCUT2D eigenvalue weighted by Gasteiger charge is 2.16. The van der Waals surface area contributed by atoms with Crippen molar-refractivity contribution in [2.75, 3.05) is 7.05 Å². The molecule has 96 valence electrons. The predicted molar refractivity (Wildman–Crippen MR) is 84.2 cm³/mol. The number of hydrogen-bond donors (Lipinski definition) is 1. The third-order valence-corrected chi connectivity index (χ3v) is 4.60. The van der Waals surface area contributed by atoms with Gasteiger partial charge in [-0.05, 0) is 35.5 Å². The van der Waals surface area contributed by atoms with Crippen LogP contribution in [0, 0.1) is 0 Å². The molecule has 0 saturated heterocycles. The van der Waals surface area contributed by atoms with Crippen LogP contribution in [0.1, 0.15) is 16.5 Å². The molecule has 0 saturated carbocycles. The van der Waals surface area contributed by atoms with Gasteiger partial charge in [0.05, 0.1) is 6.04 Å². The Morgan fingerprint density at radius 1 is 1.00 bits per heavy atom. The van der Waals surface area contributed by atoms with E-state index in [0.29, 0.717) is 0 Å². The average Bonchev–Trinajstić information content (AvgIpc) is 2.96. The summed E-state index contributed by atoms with van der Waals surface area (Å²) in [6.45, 7) is 0. The molecule has 2 aromatic carbocycles. The van der Waals surface area contributed by atoms with Gasteiger partial charge in [-0.3, -0.25) is 0 Å². The molecule has 1 heterocycles. The van der Waals surface area contributed by atoms with E-state index in [-0.39, 0.29) is 6.04 Å². The van der Waals surface area contributed by atoms with Crippen LogP contribution < -0.4 is 5.32 Å². The molecule has 1 unspecified atom stereocenters. The Morgan fingerprint density at radius 2 is 1.79 bits per heavy atom. The lowest BCUT2D eigenvalue weighted by atomic mass is 9.98. The number of halogens is 1. The maximum atomic E-state index is 6.28. The van der Waals surface area contributed by atoms with Crippen LogP contribution in [-0.2, 0) is 0 Å². The molecule has 0 aliphatic rings. The fourth-order valence-corrected chi connectivity index (χ4v) is 3.52. The van der Waals surface area contributed by atoms with E-state index in [9.17, 15) is 0 Å². The summed E-state index contributed by atoms with van der Waals surface area (Å²) in [6.07, 6.45) is 0. The first-order valence-electron chi connectivity index (χ1n) is 6.19. The van der Waals surface area contributed by atoms with Gasteiger partial charge in [-0.1, -0.05) is 48.0 Å². The van der Waals surface area contributed by atoms with Crippen LogP contribution in [-0.4, -0.2) is 7.05 Å². The monoisotopic (exact) mass is 287 g/mol. The molecule has 1 atom stereocenters. The van der Waals surface area contributed by atoms with Crippen molar-refractivity contribution in [2.24, 2.45) is 0 Å². The zero-order chi connectivity index (χ0) is 13.2. The number of rotatable bonds is 3. The fourth-order valence-electron chi connectivity index (χ4n) is 2.44. The van der Waals surface area contributed by atoms with Crippen LogP contribution in [0.3, 0.4) is 0 Å². The first-order valence-corrected chi connectivity index (χ1v) is 7.45. The van der Waals surface area contributed by atoms with Gasteiger partial charge in [-0.25, -0.2) is 0 Å². The molecule has 0 fully saturated rings. The van der Waals surface area contributed by atoms with Crippen molar-refractivity contribution in [3.8, 4) is 0 Å². The topological polar surface area (TPSA) is 12.0 Å². The summed E-state index contributed by atoms with van der Waals surface area (Å²) in [7, 11) is 1.99. The van der Waals surface area contributed by atoms with E-state index >= 15 is 0 Å². The molecule has 0 aliphatic carbocycles. The lowest BCUT2D eigenvalue weighted by Crippen LogP contribution is -2.16. The van der Waals surface area contributed by atoms with E-state index in [2.05, 4.69) is 47.1 Å². The molecule has 3 aromatic rings. The Morgan fingerprint density at radius 3 is 2.47 bits per heavy atom. The van der Waals surface area contributed by atoms with Crippen molar-refractivity contribution in [2.45, 2.75) is 6.04 Å². The Hall–Kier alpha value is -1.35. The summed E-state index contributed by atoms with van der Waals surface area (Å²) in [5.41, 5.74) is 1.27. The third kappa shape index (κ3) is 2.27. The fraction of sp³-hybridized carbons (Fsp3) is 0.125. The first-order chi connectivity index (χ1) is 9.31. The normalized spacial score (nSPS) is 12.7. The van der Waals surface area contributed by atoms with Gasteiger partial charge in [0.1, 0.15) is 0 Å². The van der Waals surface area contributed by atoms with E-state index in [1.165, 1.54) is 15.8 Å². The number of fused-ring (bicyclic) bond motifs is 1. The molecule has 1 aromatic heterocycles. The maximum Gasteiger partial charge on any atom is 0.0674 e. The van der Waals surface area contributed by atoms with Crippen LogP contribution in [0.4, 0.5) is 0 Å². The molecule has 1 nitrogen and oxygen atoms in total. The molecular formula is C16H14ClNS. The van der Waals surface area contributed by atoms with Crippen molar-refractivity contribution in [1.29, 1.82) is 0 Å². The molecule has 0 amide bonds. The van der Waals surface area contributed by atoms with Crippen LogP contribution in [0.5, 0.6) is 0 Å². The van der Waals surface area contributed by atoms with Crippen LogP contribution >= 0.6 is 22.9 Å². The second-order valence-corrected chi connectivity index (χ2v) is 5.81. The van der Waals surface area contributed by atoms with Crippen molar-refractivity contribution >= 4 is 33.7 Å². The molecular weight excluding hydrogens is 274 g/mol. The smallest absolute Gasteiger partial charge is 0.0674 e. The largest absolute Gasteiger partial charge is 0.309 e. The van der Waals surface area contributed by atoms with E-state index in [0.717, 1.165) is 10.4 Å². The molecule has 3 heteroatoms. The van der Waals surface area contributed by atoms with Gasteiger partial charge < -0.3 is 5.32 Å². The van der Waals surface area contributed by atoms with Crippen LogP contribution in [0.15, 0.2) is 53.9 Å². The standard InChI is InChI=1S/C16H14ClNS/c1-18-16(15-7-4-10-19-15)13-8-9-14(17)12-6-3-2-5-11(12)13/h2-10,16,18H,1H3. The Labute approximate surface area is 121 Å². The van der Waals surface area contributed by atoms with Gasteiger partial charge in [-0.2, -0.15) is 0 Å². The van der Waals surface area contributed by atoms with Gasteiger partial charge in [0.25, 0.3) is 0 Å². The highest BCUT2D eigenvalue weighted by Crippen LogP contribution is 2.34. The minimum absolute atomic E-state index is 0.210. The van der Waals surface area contributed by atoms with Crippen molar-refractivity contribution < 1.29 is 0 Å². The highest BCUT2D eigenvalue weighted by atomic mass is 35.5. The van der Waals surface area contributed by atoms with Crippen LogP contribution in [0.25, 0.3) is 10.8 Å². The predicted octanol–water partition coefficient (Wildman–Crippen LogP) is 4.86. The summed E-state index contributed by atoms with van der Waals surface area (Å²) >= 11 is 8.05. The van der Waals surface area contributed by atoms with Gasteiger partial charge in [0, 0.05) is 15.3 Å². The van der Waals surface area contributed by atoms with E-state index < -0.39 is 0 Å². The molecule has 0 radical (unpaired) electrons. The molecule has 0 bridgehead atoms. The van der Waals surface area contributed by atoms with Gasteiger partial charge >= 0.3 is 0 Å². The molecule has 19 heavy (non-hydrogen) atoms. The SMILES string of the molecule is CNC(c1cccs1)c1ccc(Cl)c2ccccc12. The van der Waals surface area contributed by atoms with Crippen LogP contribution in [0.2, 0.25) is 5.02 Å². The molecule has 0 aliphatic heterocycles. The molecule has 3 rings (SSSR count). The van der Waals surface area contributed by atoms with E-state index in [4.69, 9.17) is 11.6 Å². The quantitative estimate of drug-likeness (QED) is 0.725. The summed E-state index contributed by atoms with van der Waals surface area (Å²) in [4.78, 5) is 1.31. The summed E-state index contributed by atoms with van der Waals surface area (Å²) < 4.78 is 0. The summed E-state index contributed by atoms with van der Waals surface area (Å²) in [6, 6.07) is 16.8. The maximum absolute atomic E-state index is 6.28. The summed E-state index contributed by atoms with van der Waals surface area (Å²) in [5, 5.41) is 8.64. The molecule has 0 spiro atoms. The van der Waals surface area contributed by atoms with Crippen molar-refractivity contribution in [1.82, 2.24) is 5.32 Å². The van der Waals surface area contributed by atoms with Gasteiger partial charge in [0.15, 0.2) is 0 Å². The zero-order valence-corrected chi connectivity index (χ0v) is 12.1. The van der Waals surface area contributed by atoms with Crippen molar-refractivity contribution in [3.05, 3.63) is 69.4 Å². The Balaban J connectivity index is 2.22. The minimum atomic E-state index is 0.210. The number of benzene rings is 2. The van der Waals surface area contributed by atoms with Gasteiger partial charge in [-0.15, -0.1) is 11.3 Å². The van der Waals surface area contributed by atoms with E-state index in [1.807, 2.05) is 19.2 Å². The Kier molecular flexibility index (Phi) is 3.56. The summed E-state index contributed by atoms with van der Waals surface area (Å²) in [5.74, 6) is 0. The van der Waals surface area contributed by atoms with Gasteiger partial charge in [0.2, 0.25) is 0 Å². The number of hydrogen-bond acceptors (Lipinski definition) is 2. The van der Waals surface area contributed by atoms with Crippen molar-refractivity contribution in [3.63, 3.8) is 0 Å². The second-order valence-electron chi connectivity index (χ2n) is 4.42. The third-order valence-electron chi connectivity index (χ3n) is 3.33. The molecule has 1 N–H and O–H groups in total. The zero-order valence-electron chi connectivity index (χ0n) is 10.6. The minimum Gasteiger partial charge on any atom is -0.309 e. The average molecular weight is 288 g/mol. The number of nitrogens with one attached hydrogen (secondary N) is 1. The highest BCUT2D eigenvalue weighted by molar-refractivity contribution is 7.10. The first kappa shape index (κ1) is 12.7. The lowest BCUT2D eigenvalue weighted by molar-refractivity contribution is 0.709. The Bertz CT molecular complexity index is 691. The second kappa shape index (κ2) is 5.33.